The van der Waals surface area contributed by atoms with Gasteiger partial charge in [0, 0.05) is 23.8 Å². The number of alkyl halides is 1. The van der Waals surface area contributed by atoms with Crippen molar-refractivity contribution in [2.45, 2.75) is 5.88 Å². The molecule has 0 radical (unpaired) electrons. The number of aromatic nitrogens is 3. The lowest BCUT2D eigenvalue weighted by atomic mass is 10.2. The monoisotopic (exact) mass is 258 g/mol. The molecule has 0 amide bonds. The van der Waals surface area contributed by atoms with Gasteiger partial charge in [0.1, 0.15) is 5.82 Å². The van der Waals surface area contributed by atoms with Gasteiger partial charge in [-0.2, -0.15) is 5.10 Å². The first-order valence-corrected chi connectivity index (χ1v) is 6.11. The summed E-state index contributed by atoms with van der Waals surface area (Å²) in [6.07, 6.45) is 3.60. The zero-order valence-electron chi connectivity index (χ0n) is 9.55. The molecule has 0 spiro atoms. The normalized spacial score (nSPS) is 10.7. The second kappa shape index (κ2) is 4.66. The van der Waals surface area contributed by atoms with Crippen LogP contribution in [0.5, 0.6) is 0 Å². The standard InChI is InChI=1S/C13H11ClN4/c14-9-10-1-3-11(4-2-10)16-12-6-8-18-13(17-12)5-7-15-18/h1-8H,9H2,(H,16,17). The van der Waals surface area contributed by atoms with Gasteiger partial charge in [0.15, 0.2) is 5.65 Å². The van der Waals surface area contributed by atoms with Crippen molar-refractivity contribution in [3.8, 4) is 0 Å². The van der Waals surface area contributed by atoms with E-state index in [1.54, 1.807) is 10.7 Å². The number of hydrogen-bond donors (Lipinski definition) is 1. The Morgan fingerprint density at radius 1 is 1.11 bits per heavy atom. The summed E-state index contributed by atoms with van der Waals surface area (Å²) < 4.78 is 1.72. The molecule has 4 nitrogen and oxygen atoms in total. The van der Waals surface area contributed by atoms with Gasteiger partial charge in [-0.25, -0.2) is 9.50 Å². The molecule has 0 bridgehead atoms. The van der Waals surface area contributed by atoms with Crippen LogP contribution >= 0.6 is 11.6 Å². The molecular formula is C13H11ClN4. The summed E-state index contributed by atoms with van der Waals surface area (Å²) in [6.45, 7) is 0. The molecule has 0 aliphatic carbocycles. The van der Waals surface area contributed by atoms with Crippen molar-refractivity contribution in [3.05, 3.63) is 54.4 Å². The Labute approximate surface area is 109 Å². The van der Waals surface area contributed by atoms with Gasteiger partial charge < -0.3 is 5.32 Å². The highest BCUT2D eigenvalue weighted by molar-refractivity contribution is 6.17. The lowest BCUT2D eigenvalue weighted by Gasteiger charge is -2.06. The highest BCUT2D eigenvalue weighted by atomic mass is 35.5. The summed E-state index contributed by atoms with van der Waals surface area (Å²) in [5.74, 6) is 1.32. The molecule has 3 aromatic rings. The predicted molar refractivity (Wildman–Crippen MR) is 72.3 cm³/mol. The molecule has 0 aliphatic heterocycles. The molecule has 2 heterocycles. The van der Waals surface area contributed by atoms with E-state index >= 15 is 0 Å². The SMILES string of the molecule is ClCc1ccc(Nc2ccn3nccc3n2)cc1. The van der Waals surface area contributed by atoms with Gasteiger partial charge in [-0.15, -0.1) is 11.6 Å². The third-order valence-corrected chi connectivity index (χ3v) is 2.95. The molecule has 90 valence electrons. The van der Waals surface area contributed by atoms with Gasteiger partial charge in [0.25, 0.3) is 0 Å². The van der Waals surface area contributed by atoms with Crippen molar-refractivity contribution in [2.75, 3.05) is 5.32 Å². The molecule has 0 saturated heterocycles. The topological polar surface area (TPSA) is 42.2 Å². The average Bonchev–Trinajstić information content (AvgIpc) is 2.87. The van der Waals surface area contributed by atoms with E-state index in [1.807, 2.05) is 42.6 Å². The molecule has 0 fully saturated rings. The maximum atomic E-state index is 5.75. The van der Waals surface area contributed by atoms with Crippen LogP contribution in [0.2, 0.25) is 0 Å². The first-order valence-electron chi connectivity index (χ1n) is 5.57. The minimum absolute atomic E-state index is 0.528. The van der Waals surface area contributed by atoms with E-state index in [2.05, 4.69) is 15.4 Å². The lowest BCUT2D eigenvalue weighted by molar-refractivity contribution is 0.941. The summed E-state index contributed by atoms with van der Waals surface area (Å²) in [5.41, 5.74) is 2.90. The van der Waals surface area contributed by atoms with Crippen LogP contribution in [-0.2, 0) is 5.88 Å². The number of anilines is 2. The van der Waals surface area contributed by atoms with E-state index in [0.717, 1.165) is 22.7 Å². The molecule has 0 aliphatic rings. The van der Waals surface area contributed by atoms with Crippen molar-refractivity contribution in [3.63, 3.8) is 0 Å². The Balaban J connectivity index is 1.85. The molecule has 3 rings (SSSR count). The smallest absolute Gasteiger partial charge is 0.157 e. The van der Waals surface area contributed by atoms with Crippen LogP contribution in [0, 0.1) is 0 Å². The van der Waals surface area contributed by atoms with Crippen LogP contribution in [0.1, 0.15) is 5.56 Å². The number of hydrogen-bond acceptors (Lipinski definition) is 3. The number of rotatable bonds is 3. The second-order valence-corrected chi connectivity index (χ2v) is 4.17. The molecule has 1 N–H and O–H groups in total. The molecule has 1 aromatic carbocycles. The van der Waals surface area contributed by atoms with Gasteiger partial charge in [0.2, 0.25) is 0 Å². The van der Waals surface area contributed by atoms with E-state index in [9.17, 15) is 0 Å². The van der Waals surface area contributed by atoms with Crippen molar-refractivity contribution in [2.24, 2.45) is 0 Å². The Morgan fingerprint density at radius 3 is 2.72 bits per heavy atom. The van der Waals surface area contributed by atoms with Gasteiger partial charge in [-0.05, 0) is 23.8 Å². The lowest BCUT2D eigenvalue weighted by Crippen LogP contribution is -1.96. The maximum Gasteiger partial charge on any atom is 0.157 e. The molecule has 2 aromatic heterocycles. The molecule has 5 heteroatoms. The fourth-order valence-corrected chi connectivity index (χ4v) is 1.89. The quantitative estimate of drug-likeness (QED) is 0.734. The zero-order valence-corrected chi connectivity index (χ0v) is 10.3. The number of fused-ring (bicyclic) bond motifs is 1. The van der Waals surface area contributed by atoms with Crippen molar-refractivity contribution < 1.29 is 0 Å². The third-order valence-electron chi connectivity index (χ3n) is 2.64. The summed E-state index contributed by atoms with van der Waals surface area (Å²) in [6, 6.07) is 11.7. The van der Waals surface area contributed by atoms with Gasteiger partial charge >= 0.3 is 0 Å². The second-order valence-electron chi connectivity index (χ2n) is 3.90. The highest BCUT2D eigenvalue weighted by Gasteiger charge is 1.99. The molecular weight excluding hydrogens is 248 g/mol. The highest BCUT2D eigenvalue weighted by Crippen LogP contribution is 2.16. The Morgan fingerprint density at radius 2 is 1.94 bits per heavy atom. The number of benzene rings is 1. The number of nitrogens with one attached hydrogen (secondary N) is 1. The van der Waals surface area contributed by atoms with Crippen LogP contribution in [0.4, 0.5) is 11.5 Å². The zero-order chi connectivity index (χ0) is 12.4. The molecule has 0 atom stereocenters. The Hall–Kier alpha value is -2.07. The summed E-state index contributed by atoms with van der Waals surface area (Å²) in [7, 11) is 0. The number of halogens is 1. The average molecular weight is 259 g/mol. The van der Waals surface area contributed by atoms with Crippen molar-refractivity contribution in [1.29, 1.82) is 0 Å². The van der Waals surface area contributed by atoms with Crippen molar-refractivity contribution in [1.82, 2.24) is 14.6 Å². The van der Waals surface area contributed by atoms with E-state index in [-0.39, 0.29) is 0 Å². The summed E-state index contributed by atoms with van der Waals surface area (Å²) >= 11 is 5.75. The van der Waals surface area contributed by atoms with Crippen LogP contribution < -0.4 is 5.32 Å². The third kappa shape index (κ3) is 2.15. The van der Waals surface area contributed by atoms with Crippen molar-refractivity contribution >= 4 is 28.8 Å². The van der Waals surface area contributed by atoms with Crippen LogP contribution in [0.15, 0.2) is 48.8 Å². The minimum atomic E-state index is 0.528. The van der Waals surface area contributed by atoms with Crippen LogP contribution in [0.25, 0.3) is 5.65 Å². The molecule has 0 unspecified atom stereocenters. The van der Waals surface area contributed by atoms with E-state index in [1.165, 1.54) is 0 Å². The number of nitrogens with zero attached hydrogens (tertiary/aromatic N) is 3. The summed E-state index contributed by atoms with van der Waals surface area (Å²) in [4.78, 5) is 4.44. The first kappa shape index (κ1) is 11.0. The largest absolute Gasteiger partial charge is 0.340 e. The Bertz CT molecular complexity index is 660. The predicted octanol–water partition coefficient (Wildman–Crippen LogP) is 3.21. The fraction of sp³-hybridized carbons (Fsp3) is 0.0769. The molecule has 18 heavy (non-hydrogen) atoms. The minimum Gasteiger partial charge on any atom is -0.340 e. The van der Waals surface area contributed by atoms with Gasteiger partial charge in [-0.3, -0.25) is 0 Å². The van der Waals surface area contributed by atoms with Gasteiger partial charge in [0.05, 0.1) is 6.20 Å². The van der Waals surface area contributed by atoms with Crippen LogP contribution in [-0.4, -0.2) is 14.6 Å². The molecule has 0 saturated carbocycles. The fourth-order valence-electron chi connectivity index (χ4n) is 1.71. The Kier molecular flexibility index (Phi) is 2.86. The van der Waals surface area contributed by atoms with Crippen LogP contribution in [0.3, 0.4) is 0 Å². The van der Waals surface area contributed by atoms with E-state index < -0.39 is 0 Å². The van der Waals surface area contributed by atoms with E-state index in [4.69, 9.17) is 11.6 Å². The maximum absolute atomic E-state index is 5.75. The van der Waals surface area contributed by atoms with E-state index in [0.29, 0.717) is 5.88 Å². The first-order chi connectivity index (χ1) is 8.85. The van der Waals surface area contributed by atoms with Gasteiger partial charge in [-0.1, -0.05) is 12.1 Å². The summed E-state index contributed by atoms with van der Waals surface area (Å²) in [5, 5.41) is 7.34.